The maximum atomic E-state index is 12.4. The summed E-state index contributed by atoms with van der Waals surface area (Å²) in [6.07, 6.45) is 3.31. The number of carbonyl (C=O) groups excluding carboxylic acids is 1. The van der Waals surface area contributed by atoms with Gasteiger partial charge in [0.15, 0.2) is 5.76 Å². The zero-order valence-electron chi connectivity index (χ0n) is 11.9. The molecule has 2 aromatic heterocycles. The largest absolute Gasteiger partial charge is 0.459 e. The summed E-state index contributed by atoms with van der Waals surface area (Å²) in [6.45, 7) is 1.92. The van der Waals surface area contributed by atoms with Crippen molar-refractivity contribution in [3.05, 3.63) is 54.2 Å². The third kappa shape index (κ3) is 2.83. The van der Waals surface area contributed by atoms with E-state index < -0.39 is 0 Å². The molecule has 0 bridgehead atoms. The van der Waals surface area contributed by atoms with Crippen LogP contribution in [-0.4, -0.2) is 42.6 Å². The quantitative estimate of drug-likeness (QED) is 0.864. The van der Waals surface area contributed by atoms with E-state index in [2.05, 4.69) is 4.98 Å². The van der Waals surface area contributed by atoms with E-state index in [4.69, 9.17) is 9.15 Å². The normalized spacial score (nSPS) is 21.7. The SMILES string of the molecule is COC[C@@H]1CN(C(=O)c2ccco2)C[C@H]1c1ccccn1. The third-order valence-corrected chi connectivity index (χ3v) is 3.91. The van der Waals surface area contributed by atoms with Crippen LogP contribution in [-0.2, 0) is 4.74 Å². The van der Waals surface area contributed by atoms with Gasteiger partial charge in [-0.05, 0) is 24.3 Å². The predicted molar refractivity (Wildman–Crippen MR) is 77.0 cm³/mol. The van der Waals surface area contributed by atoms with Crippen molar-refractivity contribution >= 4 is 5.91 Å². The van der Waals surface area contributed by atoms with Gasteiger partial charge < -0.3 is 14.1 Å². The second-order valence-corrected chi connectivity index (χ2v) is 5.26. The fourth-order valence-corrected chi connectivity index (χ4v) is 2.91. The molecule has 5 heteroatoms. The zero-order valence-corrected chi connectivity index (χ0v) is 11.9. The molecule has 1 aliphatic heterocycles. The Morgan fingerprint density at radius 1 is 1.38 bits per heavy atom. The Hall–Kier alpha value is -2.14. The molecule has 3 heterocycles. The summed E-state index contributed by atoms with van der Waals surface area (Å²) in [5.41, 5.74) is 1.01. The molecule has 1 saturated heterocycles. The molecule has 1 fully saturated rings. The molecular weight excluding hydrogens is 268 g/mol. The summed E-state index contributed by atoms with van der Waals surface area (Å²) < 4.78 is 10.5. The van der Waals surface area contributed by atoms with Gasteiger partial charge in [-0.1, -0.05) is 6.07 Å². The van der Waals surface area contributed by atoms with Gasteiger partial charge >= 0.3 is 0 Å². The van der Waals surface area contributed by atoms with E-state index >= 15 is 0 Å². The van der Waals surface area contributed by atoms with Crippen LogP contribution in [0, 0.1) is 5.92 Å². The van der Waals surface area contributed by atoms with Crippen LogP contribution in [0.2, 0.25) is 0 Å². The summed E-state index contributed by atoms with van der Waals surface area (Å²) in [7, 11) is 1.69. The van der Waals surface area contributed by atoms with Gasteiger partial charge in [-0.25, -0.2) is 0 Å². The standard InChI is InChI=1S/C16H18N2O3/c1-20-11-12-9-18(16(19)15-6-4-8-21-15)10-13(12)14-5-2-3-7-17-14/h2-8,12-13H,9-11H2,1H3/t12-,13+/m0/s1. The summed E-state index contributed by atoms with van der Waals surface area (Å²) in [5, 5.41) is 0. The Kier molecular flexibility index (Phi) is 4.01. The molecule has 1 amide bonds. The van der Waals surface area contributed by atoms with Crippen molar-refractivity contribution in [2.75, 3.05) is 26.8 Å². The molecule has 2 atom stereocenters. The van der Waals surface area contributed by atoms with Gasteiger partial charge in [-0.3, -0.25) is 9.78 Å². The van der Waals surface area contributed by atoms with Crippen molar-refractivity contribution in [3.8, 4) is 0 Å². The number of furan rings is 1. The highest BCUT2D eigenvalue weighted by molar-refractivity contribution is 5.91. The van der Waals surface area contributed by atoms with E-state index in [0.717, 1.165) is 5.69 Å². The first-order valence-corrected chi connectivity index (χ1v) is 7.02. The fourth-order valence-electron chi connectivity index (χ4n) is 2.91. The van der Waals surface area contributed by atoms with Crippen LogP contribution in [0.25, 0.3) is 0 Å². The highest BCUT2D eigenvalue weighted by atomic mass is 16.5. The summed E-state index contributed by atoms with van der Waals surface area (Å²) in [6, 6.07) is 9.31. The average molecular weight is 286 g/mol. The highest BCUT2D eigenvalue weighted by Gasteiger charge is 2.37. The molecule has 2 aromatic rings. The molecule has 3 rings (SSSR count). The molecule has 5 nitrogen and oxygen atoms in total. The Morgan fingerprint density at radius 2 is 2.29 bits per heavy atom. The number of aromatic nitrogens is 1. The number of carbonyl (C=O) groups is 1. The van der Waals surface area contributed by atoms with Crippen molar-refractivity contribution < 1.29 is 13.9 Å². The van der Waals surface area contributed by atoms with Crippen LogP contribution in [0.15, 0.2) is 47.2 Å². The molecule has 0 saturated carbocycles. The van der Waals surface area contributed by atoms with Gasteiger partial charge in [-0.2, -0.15) is 0 Å². The molecule has 0 aromatic carbocycles. The summed E-state index contributed by atoms with van der Waals surface area (Å²) in [5.74, 6) is 0.765. The maximum absolute atomic E-state index is 12.4. The fraction of sp³-hybridized carbons (Fsp3) is 0.375. The van der Waals surface area contributed by atoms with Crippen LogP contribution in [0.1, 0.15) is 22.2 Å². The topological polar surface area (TPSA) is 55.6 Å². The minimum atomic E-state index is -0.0699. The van der Waals surface area contributed by atoms with Gasteiger partial charge in [0.05, 0.1) is 12.9 Å². The van der Waals surface area contributed by atoms with Crippen molar-refractivity contribution in [1.82, 2.24) is 9.88 Å². The van der Waals surface area contributed by atoms with E-state index in [1.165, 1.54) is 6.26 Å². The third-order valence-electron chi connectivity index (χ3n) is 3.91. The van der Waals surface area contributed by atoms with E-state index in [0.29, 0.717) is 25.5 Å². The van der Waals surface area contributed by atoms with Crippen LogP contribution in [0.3, 0.4) is 0 Å². The molecule has 0 spiro atoms. The van der Waals surface area contributed by atoms with Gasteiger partial charge in [-0.15, -0.1) is 0 Å². The minimum absolute atomic E-state index is 0.0699. The molecule has 0 radical (unpaired) electrons. The second-order valence-electron chi connectivity index (χ2n) is 5.26. The Bertz CT molecular complexity index is 583. The molecule has 110 valence electrons. The average Bonchev–Trinajstić information content (AvgIpc) is 3.18. The van der Waals surface area contributed by atoms with Crippen LogP contribution < -0.4 is 0 Å². The first-order valence-electron chi connectivity index (χ1n) is 7.02. The molecular formula is C16H18N2O3. The molecule has 1 aliphatic rings. The van der Waals surface area contributed by atoms with Gasteiger partial charge in [0, 0.05) is 43.9 Å². The highest BCUT2D eigenvalue weighted by Crippen LogP contribution is 2.32. The molecule has 0 aliphatic carbocycles. The number of methoxy groups -OCH3 is 1. The molecule has 0 unspecified atom stereocenters. The van der Waals surface area contributed by atoms with E-state index in [1.807, 2.05) is 23.1 Å². The zero-order chi connectivity index (χ0) is 14.7. The van der Waals surface area contributed by atoms with Crippen LogP contribution in [0.4, 0.5) is 0 Å². The Morgan fingerprint density at radius 3 is 2.95 bits per heavy atom. The first kappa shape index (κ1) is 13.8. The van der Waals surface area contributed by atoms with Crippen molar-refractivity contribution in [1.29, 1.82) is 0 Å². The Labute approximate surface area is 123 Å². The monoisotopic (exact) mass is 286 g/mol. The van der Waals surface area contributed by atoms with E-state index in [-0.39, 0.29) is 17.7 Å². The van der Waals surface area contributed by atoms with Crippen LogP contribution >= 0.6 is 0 Å². The van der Waals surface area contributed by atoms with Crippen LogP contribution in [0.5, 0.6) is 0 Å². The Balaban J connectivity index is 1.79. The summed E-state index contributed by atoms with van der Waals surface area (Å²) >= 11 is 0. The number of likely N-dealkylation sites (tertiary alicyclic amines) is 1. The van der Waals surface area contributed by atoms with Crippen molar-refractivity contribution in [2.45, 2.75) is 5.92 Å². The molecule has 0 N–H and O–H groups in total. The number of amides is 1. The number of hydrogen-bond acceptors (Lipinski definition) is 4. The lowest BCUT2D eigenvalue weighted by molar-refractivity contribution is 0.0744. The number of ether oxygens (including phenoxy) is 1. The lowest BCUT2D eigenvalue weighted by Crippen LogP contribution is -2.29. The number of nitrogens with zero attached hydrogens (tertiary/aromatic N) is 2. The van der Waals surface area contributed by atoms with E-state index in [9.17, 15) is 4.79 Å². The predicted octanol–water partition coefficient (Wildman–Crippen LogP) is 2.18. The summed E-state index contributed by atoms with van der Waals surface area (Å²) in [4.78, 5) is 18.7. The number of pyridine rings is 1. The lowest BCUT2D eigenvalue weighted by Gasteiger charge is -2.16. The van der Waals surface area contributed by atoms with Gasteiger partial charge in [0.2, 0.25) is 0 Å². The number of hydrogen-bond donors (Lipinski definition) is 0. The first-order chi connectivity index (χ1) is 10.3. The van der Waals surface area contributed by atoms with Crippen molar-refractivity contribution in [3.63, 3.8) is 0 Å². The minimum Gasteiger partial charge on any atom is -0.459 e. The maximum Gasteiger partial charge on any atom is 0.289 e. The van der Waals surface area contributed by atoms with Gasteiger partial charge in [0.1, 0.15) is 0 Å². The van der Waals surface area contributed by atoms with E-state index in [1.54, 1.807) is 25.4 Å². The van der Waals surface area contributed by atoms with Crippen molar-refractivity contribution in [2.24, 2.45) is 5.92 Å². The smallest absolute Gasteiger partial charge is 0.289 e. The lowest BCUT2D eigenvalue weighted by atomic mass is 9.93. The second kappa shape index (κ2) is 6.10. The number of rotatable bonds is 4. The van der Waals surface area contributed by atoms with Gasteiger partial charge in [0.25, 0.3) is 5.91 Å². The molecule has 21 heavy (non-hydrogen) atoms.